The lowest BCUT2D eigenvalue weighted by Gasteiger charge is -2.18. The Bertz CT molecular complexity index is 2840. The van der Waals surface area contributed by atoms with Crippen molar-refractivity contribution in [1.29, 1.82) is 0 Å². The molecular formula is C50H33N. The molecular weight excluding hydrogens is 615 g/mol. The lowest BCUT2D eigenvalue weighted by molar-refractivity contribution is 1.18. The van der Waals surface area contributed by atoms with E-state index in [1.807, 2.05) is 0 Å². The normalized spacial score (nSPS) is 11.5. The zero-order valence-corrected chi connectivity index (χ0v) is 28.0. The number of benzene rings is 9. The highest BCUT2D eigenvalue weighted by atomic mass is 15.0. The van der Waals surface area contributed by atoms with Gasteiger partial charge in [-0.25, -0.2) is 0 Å². The molecule has 0 aliphatic heterocycles. The molecule has 10 rings (SSSR count). The van der Waals surface area contributed by atoms with E-state index >= 15 is 0 Å². The summed E-state index contributed by atoms with van der Waals surface area (Å²) in [6.45, 7) is 0. The summed E-state index contributed by atoms with van der Waals surface area (Å²) in [7, 11) is 0. The molecule has 0 radical (unpaired) electrons. The van der Waals surface area contributed by atoms with Gasteiger partial charge in [0.1, 0.15) is 0 Å². The lowest BCUT2D eigenvalue weighted by atomic mass is 9.86. The molecule has 0 bridgehead atoms. The maximum absolute atomic E-state index is 2.43. The number of hydrogen-bond acceptors (Lipinski definition) is 0. The van der Waals surface area contributed by atoms with Gasteiger partial charge in [0.2, 0.25) is 0 Å². The second-order valence-electron chi connectivity index (χ2n) is 13.3. The van der Waals surface area contributed by atoms with E-state index in [2.05, 4.69) is 205 Å². The van der Waals surface area contributed by atoms with Crippen LogP contribution in [-0.4, -0.2) is 4.57 Å². The Kier molecular flexibility index (Phi) is 6.89. The highest BCUT2D eigenvalue weighted by molar-refractivity contribution is 6.21. The van der Waals surface area contributed by atoms with Gasteiger partial charge in [0.15, 0.2) is 0 Å². The molecule has 51 heavy (non-hydrogen) atoms. The van der Waals surface area contributed by atoms with Gasteiger partial charge in [0.25, 0.3) is 0 Å². The van der Waals surface area contributed by atoms with E-state index in [-0.39, 0.29) is 0 Å². The van der Waals surface area contributed by atoms with Crippen LogP contribution in [0.4, 0.5) is 0 Å². The van der Waals surface area contributed by atoms with Crippen molar-refractivity contribution >= 4 is 43.4 Å². The molecule has 0 amide bonds. The van der Waals surface area contributed by atoms with Crippen LogP contribution in [-0.2, 0) is 0 Å². The van der Waals surface area contributed by atoms with Crippen LogP contribution >= 0.6 is 0 Å². The average Bonchev–Trinajstić information content (AvgIpc) is 3.54. The Hall–Kier alpha value is -6.70. The standard InChI is InChI=1S/C50H33N/c1-3-15-34(16-4-1)36-19-13-20-37(31-36)38-29-30-48-46(33-38)41-23-11-12-28-47(41)51(48)40-22-14-21-39(32-40)50-44-26-9-7-24-42(44)49(35-17-5-2-6-18-35)43-25-8-10-27-45(43)50/h1-33H. The van der Waals surface area contributed by atoms with E-state index < -0.39 is 0 Å². The van der Waals surface area contributed by atoms with Gasteiger partial charge in [-0.05, 0) is 102 Å². The van der Waals surface area contributed by atoms with Gasteiger partial charge >= 0.3 is 0 Å². The zero-order valence-electron chi connectivity index (χ0n) is 28.0. The number of aromatic nitrogens is 1. The van der Waals surface area contributed by atoms with Crippen LogP contribution in [0.2, 0.25) is 0 Å². The lowest BCUT2D eigenvalue weighted by Crippen LogP contribution is -1.95. The second kappa shape index (κ2) is 12.0. The SMILES string of the molecule is c1ccc(-c2cccc(-c3ccc4c(c3)c3ccccc3n4-c3cccc(-c4c5ccccc5c(-c5ccccc5)c5ccccc45)c3)c2)cc1. The van der Waals surface area contributed by atoms with Crippen LogP contribution in [0.25, 0.3) is 93.5 Å². The third kappa shape index (κ3) is 4.86. The quantitative estimate of drug-likeness (QED) is 0.164. The van der Waals surface area contributed by atoms with Gasteiger partial charge in [-0.15, -0.1) is 0 Å². The van der Waals surface area contributed by atoms with Crippen molar-refractivity contribution in [3.63, 3.8) is 0 Å². The molecule has 1 heterocycles. The van der Waals surface area contributed by atoms with Crippen LogP contribution in [0.5, 0.6) is 0 Å². The molecule has 0 unspecified atom stereocenters. The van der Waals surface area contributed by atoms with Gasteiger partial charge in [-0.3, -0.25) is 0 Å². The first-order chi connectivity index (χ1) is 25.3. The first-order valence-corrected chi connectivity index (χ1v) is 17.6. The molecule has 10 aromatic rings. The Morgan fingerprint density at radius 3 is 1.35 bits per heavy atom. The number of fused-ring (bicyclic) bond motifs is 5. The maximum atomic E-state index is 2.43. The minimum atomic E-state index is 1.15. The third-order valence-corrected chi connectivity index (χ3v) is 10.4. The van der Waals surface area contributed by atoms with Crippen molar-refractivity contribution in [3.8, 4) is 50.2 Å². The summed E-state index contributed by atoms with van der Waals surface area (Å²) >= 11 is 0. The minimum absolute atomic E-state index is 1.15. The number of para-hydroxylation sites is 1. The summed E-state index contributed by atoms with van der Waals surface area (Å²) in [6, 6.07) is 72.9. The Balaban J connectivity index is 1.17. The van der Waals surface area contributed by atoms with Gasteiger partial charge in [-0.2, -0.15) is 0 Å². The molecule has 0 fully saturated rings. The molecule has 1 aromatic heterocycles. The maximum Gasteiger partial charge on any atom is 0.0541 e. The van der Waals surface area contributed by atoms with Gasteiger partial charge < -0.3 is 4.57 Å². The van der Waals surface area contributed by atoms with Crippen molar-refractivity contribution in [3.05, 3.63) is 200 Å². The molecule has 0 atom stereocenters. The fourth-order valence-corrected chi connectivity index (χ4v) is 8.10. The third-order valence-electron chi connectivity index (χ3n) is 10.4. The molecule has 0 saturated carbocycles. The summed E-state index contributed by atoms with van der Waals surface area (Å²) in [5.41, 5.74) is 13.4. The van der Waals surface area contributed by atoms with Crippen LogP contribution in [0.1, 0.15) is 0 Å². The molecule has 0 N–H and O–H groups in total. The van der Waals surface area contributed by atoms with Crippen LogP contribution in [0.15, 0.2) is 200 Å². The summed E-state index contributed by atoms with van der Waals surface area (Å²) in [4.78, 5) is 0. The first-order valence-electron chi connectivity index (χ1n) is 17.6. The van der Waals surface area contributed by atoms with Crippen LogP contribution in [0.3, 0.4) is 0 Å². The minimum Gasteiger partial charge on any atom is -0.309 e. The smallest absolute Gasteiger partial charge is 0.0541 e. The van der Waals surface area contributed by atoms with Crippen molar-refractivity contribution in [1.82, 2.24) is 4.57 Å². The number of nitrogens with zero attached hydrogens (tertiary/aromatic N) is 1. The predicted molar refractivity (Wildman–Crippen MR) is 218 cm³/mol. The number of hydrogen-bond donors (Lipinski definition) is 0. The topological polar surface area (TPSA) is 4.93 Å². The average molecular weight is 648 g/mol. The van der Waals surface area contributed by atoms with E-state index in [0.717, 1.165) is 5.69 Å². The number of rotatable bonds is 5. The molecule has 1 heteroatoms. The van der Waals surface area contributed by atoms with E-state index in [4.69, 9.17) is 0 Å². The summed E-state index contributed by atoms with van der Waals surface area (Å²) < 4.78 is 2.43. The highest BCUT2D eigenvalue weighted by Gasteiger charge is 2.18. The predicted octanol–water partition coefficient (Wildman–Crippen LogP) is 13.8. The van der Waals surface area contributed by atoms with Crippen molar-refractivity contribution in [2.45, 2.75) is 0 Å². The molecule has 0 spiro atoms. The molecule has 9 aromatic carbocycles. The van der Waals surface area contributed by atoms with Crippen molar-refractivity contribution in [2.24, 2.45) is 0 Å². The fraction of sp³-hybridized carbons (Fsp3) is 0. The molecule has 0 aliphatic carbocycles. The van der Waals surface area contributed by atoms with E-state index in [0.29, 0.717) is 0 Å². The molecule has 1 nitrogen and oxygen atoms in total. The van der Waals surface area contributed by atoms with Crippen LogP contribution < -0.4 is 0 Å². The fourth-order valence-electron chi connectivity index (χ4n) is 8.10. The Labute approximate surface area is 297 Å². The first kappa shape index (κ1) is 29.2. The summed E-state index contributed by atoms with van der Waals surface area (Å²) in [5, 5.41) is 7.56. The Morgan fingerprint density at radius 2 is 0.686 bits per heavy atom. The molecule has 238 valence electrons. The summed E-state index contributed by atoms with van der Waals surface area (Å²) in [5.74, 6) is 0. The van der Waals surface area contributed by atoms with E-state index in [9.17, 15) is 0 Å². The highest BCUT2D eigenvalue weighted by Crippen LogP contribution is 2.44. The monoisotopic (exact) mass is 647 g/mol. The van der Waals surface area contributed by atoms with Crippen molar-refractivity contribution in [2.75, 3.05) is 0 Å². The second-order valence-corrected chi connectivity index (χ2v) is 13.3. The zero-order chi connectivity index (χ0) is 33.7. The largest absolute Gasteiger partial charge is 0.309 e. The summed E-state index contributed by atoms with van der Waals surface area (Å²) in [6.07, 6.45) is 0. The van der Waals surface area contributed by atoms with Crippen LogP contribution in [0, 0.1) is 0 Å². The van der Waals surface area contributed by atoms with E-state index in [1.165, 1.54) is 87.9 Å². The van der Waals surface area contributed by atoms with E-state index in [1.54, 1.807) is 0 Å². The molecule has 0 aliphatic rings. The van der Waals surface area contributed by atoms with Gasteiger partial charge in [0.05, 0.1) is 11.0 Å². The molecule has 0 saturated heterocycles. The van der Waals surface area contributed by atoms with Crippen molar-refractivity contribution < 1.29 is 0 Å². The van der Waals surface area contributed by atoms with Gasteiger partial charge in [-0.1, -0.05) is 164 Å². The Morgan fingerprint density at radius 1 is 0.235 bits per heavy atom. The van der Waals surface area contributed by atoms with Gasteiger partial charge in [0, 0.05) is 16.5 Å².